The zero-order chi connectivity index (χ0) is 46.1. The molecular formula is C48H41F2LiN2O11S2. The van der Waals surface area contributed by atoms with Crippen LogP contribution >= 0.6 is 0 Å². The van der Waals surface area contributed by atoms with Crippen LogP contribution in [0.4, 0.5) is 20.2 Å². The average molecular weight is 931 g/mol. The molecule has 0 aliphatic rings. The van der Waals surface area contributed by atoms with E-state index in [4.69, 9.17) is 13.6 Å². The normalized spacial score (nSPS) is 11.2. The number of anilines is 2. The van der Waals surface area contributed by atoms with Gasteiger partial charge < -0.3 is 24.2 Å². The van der Waals surface area contributed by atoms with E-state index in [1.165, 1.54) is 73.0 Å². The molecule has 0 saturated heterocycles. The summed E-state index contributed by atoms with van der Waals surface area (Å²) in [5.41, 5.74) is 4.90. The number of nitrogens with zero attached hydrogens (tertiary/aromatic N) is 2. The third kappa shape index (κ3) is 10.4. The van der Waals surface area contributed by atoms with E-state index in [0.717, 1.165) is 27.9 Å². The number of carboxylic acids is 1. The van der Waals surface area contributed by atoms with Gasteiger partial charge in [-0.1, -0.05) is 60.7 Å². The zero-order valence-electron chi connectivity index (χ0n) is 36.4. The molecule has 0 amide bonds. The zero-order valence-corrected chi connectivity index (χ0v) is 38.1. The fourth-order valence-electron chi connectivity index (χ4n) is 7.07. The number of carboxylic acid groups (broad SMARTS) is 1. The number of halogens is 2. The second kappa shape index (κ2) is 20.2. The molecule has 8 rings (SSSR count). The summed E-state index contributed by atoms with van der Waals surface area (Å²) in [6.07, 6.45) is 2.20. The Kier molecular flexibility index (Phi) is 15.4. The summed E-state index contributed by atoms with van der Waals surface area (Å²) in [6.45, 7) is 1.86. The largest absolute Gasteiger partial charge is 1.00 e. The summed E-state index contributed by atoms with van der Waals surface area (Å²) in [7, 11) is -4.30. The molecule has 0 fully saturated rings. The van der Waals surface area contributed by atoms with Crippen molar-refractivity contribution in [2.45, 2.75) is 6.92 Å². The predicted octanol–water partition coefficient (Wildman–Crippen LogP) is 7.31. The van der Waals surface area contributed by atoms with Gasteiger partial charge >= 0.3 is 30.8 Å². The molecule has 6 aromatic carbocycles. The molecule has 0 saturated carbocycles. The number of fused-ring (bicyclic) bond motifs is 2. The smallest absolute Gasteiger partial charge is 0.870 e. The first kappa shape index (κ1) is 50.3. The molecule has 66 heavy (non-hydrogen) atoms. The Bertz CT molecular complexity index is 3270. The van der Waals surface area contributed by atoms with Gasteiger partial charge in [0.25, 0.3) is 0 Å². The molecule has 0 aliphatic carbocycles. The molecule has 336 valence electrons. The molecule has 2 N–H and O–H groups in total. The van der Waals surface area contributed by atoms with Crippen molar-refractivity contribution >= 4 is 65.3 Å². The third-order valence-electron chi connectivity index (χ3n) is 10.4. The number of carbonyl (C=O) groups excluding carboxylic acids is 1. The second-order valence-electron chi connectivity index (χ2n) is 14.6. The number of furan rings is 2. The van der Waals surface area contributed by atoms with Gasteiger partial charge in [0.1, 0.15) is 45.4 Å². The van der Waals surface area contributed by atoms with Crippen LogP contribution < -0.4 is 27.5 Å². The van der Waals surface area contributed by atoms with Gasteiger partial charge in [-0.05, 0) is 78.7 Å². The van der Waals surface area contributed by atoms with Crippen molar-refractivity contribution in [3.8, 4) is 44.9 Å². The molecule has 0 unspecified atom stereocenters. The topological polar surface area (TPSA) is 195 Å². The van der Waals surface area contributed by atoms with Gasteiger partial charge in [-0.2, -0.15) is 0 Å². The fraction of sp³-hybridized carbons (Fsp3) is 0.125. The maximum Gasteiger partial charge on any atom is 1.00 e. The van der Waals surface area contributed by atoms with Crippen LogP contribution in [-0.4, -0.2) is 72.6 Å². The summed E-state index contributed by atoms with van der Waals surface area (Å²) in [5, 5.41) is 10.7. The minimum Gasteiger partial charge on any atom is -0.870 e. The van der Waals surface area contributed by atoms with Crippen molar-refractivity contribution < 1.29 is 78.2 Å². The van der Waals surface area contributed by atoms with Crippen LogP contribution in [0.1, 0.15) is 27.6 Å². The Balaban J connectivity index is 0.000000241. The molecule has 8 aromatic rings. The van der Waals surface area contributed by atoms with Crippen molar-refractivity contribution in [1.29, 1.82) is 0 Å². The Morgan fingerprint density at radius 3 is 1.30 bits per heavy atom. The summed E-state index contributed by atoms with van der Waals surface area (Å²) < 4.78 is 95.5. The molecule has 2 heterocycles. The Morgan fingerprint density at radius 1 is 0.591 bits per heavy atom. The Hall–Kier alpha value is -6.74. The molecule has 0 bridgehead atoms. The first-order valence-corrected chi connectivity index (χ1v) is 23.2. The minimum atomic E-state index is -3.60. The summed E-state index contributed by atoms with van der Waals surface area (Å²) in [4.78, 5) is 25.1. The van der Waals surface area contributed by atoms with E-state index >= 15 is 0 Å². The SMILES string of the molecule is CCOC(=O)c1c(-c2ccc(F)cc2)oc2cc(N(C)S(C)(=O)=O)c(-c3ccccc3)cc12.CN(c1cc2oc(-c3ccc(F)cc3)c(C(=O)O)c2cc1-c1ccccc1)S(C)(=O)=O.[Li+].[OH-]. The van der Waals surface area contributed by atoms with Crippen LogP contribution in [0.3, 0.4) is 0 Å². The minimum absolute atomic E-state index is 0. The number of ether oxygens (including phenoxy) is 1. The van der Waals surface area contributed by atoms with Crippen molar-refractivity contribution in [3.63, 3.8) is 0 Å². The predicted molar refractivity (Wildman–Crippen MR) is 245 cm³/mol. The Morgan fingerprint density at radius 2 is 0.955 bits per heavy atom. The van der Waals surface area contributed by atoms with Gasteiger partial charge in [-0.25, -0.2) is 35.2 Å². The van der Waals surface area contributed by atoms with E-state index in [2.05, 4.69) is 0 Å². The number of hydrogen-bond acceptors (Lipinski definition) is 10. The van der Waals surface area contributed by atoms with Crippen LogP contribution in [0, 0.1) is 11.6 Å². The van der Waals surface area contributed by atoms with Crippen LogP contribution in [-0.2, 0) is 24.8 Å². The van der Waals surface area contributed by atoms with Gasteiger partial charge in [0.15, 0.2) is 0 Å². The number of benzene rings is 6. The van der Waals surface area contributed by atoms with Crippen LogP contribution in [0.5, 0.6) is 0 Å². The van der Waals surface area contributed by atoms with E-state index in [1.54, 1.807) is 37.3 Å². The molecule has 13 nitrogen and oxygen atoms in total. The second-order valence-corrected chi connectivity index (χ2v) is 18.6. The van der Waals surface area contributed by atoms with Gasteiger partial charge in [0.2, 0.25) is 20.0 Å². The van der Waals surface area contributed by atoms with E-state index in [0.29, 0.717) is 50.0 Å². The first-order valence-electron chi connectivity index (χ1n) is 19.5. The quantitative estimate of drug-likeness (QED) is 0.101. The van der Waals surface area contributed by atoms with Crippen LogP contribution in [0.2, 0.25) is 0 Å². The number of sulfonamides is 2. The monoisotopic (exact) mass is 930 g/mol. The summed E-state index contributed by atoms with van der Waals surface area (Å²) in [5.74, 6) is -2.38. The Labute approximate surface area is 391 Å². The van der Waals surface area contributed by atoms with Crippen molar-refractivity contribution in [1.82, 2.24) is 0 Å². The van der Waals surface area contributed by atoms with E-state index < -0.39 is 43.6 Å². The van der Waals surface area contributed by atoms with Crippen molar-refractivity contribution in [3.05, 3.63) is 156 Å². The van der Waals surface area contributed by atoms with Gasteiger partial charge in [0.05, 0.1) is 30.5 Å². The van der Waals surface area contributed by atoms with Gasteiger partial charge in [-0.15, -0.1) is 0 Å². The number of carbonyl (C=O) groups is 2. The summed E-state index contributed by atoms with van der Waals surface area (Å²) >= 11 is 0. The van der Waals surface area contributed by atoms with E-state index in [1.807, 2.05) is 48.5 Å². The van der Waals surface area contributed by atoms with E-state index in [9.17, 15) is 40.3 Å². The van der Waals surface area contributed by atoms with Gasteiger partial charge in [0, 0.05) is 59.3 Å². The van der Waals surface area contributed by atoms with Crippen molar-refractivity contribution in [2.24, 2.45) is 0 Å². The molecule has 18 heteroatoms. The molecule has 0 aliphatic heterocycles. The third-order valence-corrected chi connectivity index (χ3v) is 12.7. The van der Waals surface area contributed by atoms with Crippen molar-refractivity contribution in [2.75, 3.05) is 41.8 Å². The first-order chi connectivity index (χ1) is 30.4. The van der Waals surface area contributed by atoms with Gasteiger partial charge in [-0.3, -0.25) is 8.61 Å². The molecule has 2 aromatic heterocycles. The number of rotatable bonds is 11. The van der Waals surface area contributed by atoms with Crippen LogP contribution in [0.15, 0.2) is 142 Å². The number of esters is 1. The summed E-state index contributed by atoms with van der Waals surface area (Å²) in [6, 6.07) is 35.6. The molecular weight excluding hydrogens is 890 g/mol. The van der Waals surface area contributed by atoms with E-state index in [-0.39, 0.29) is 59.2 Å². The number of aromatic carboxylic acids is 1. The maximum atomic E-state index is 13.5. The van der Waals surface area contributed by atoms with Crippen LogP contribution in [0.25, 0.3) is 66.8 Å². The number of hydrogen-bond donors (Lipinski definition) is 1. The fourth-order valence-corrected chi connectivity index (χ4v) is 8.08. The molecule has 0 radical (unpaired) electrons. The molecule has 0 atom stereocenters. The average Bonchev–Trinajstić information content (AvgIpc) is 3.84. The standard InChI is InChI=1S/C25H22FNO5S.C23H18FNO5S.Li.H2O/c1-4-31-25(28)23-20-14-19(16-8-6-5-7-9-16)21(27(2)33(3,29)30)15-22(20)32-24(23)17-10-12-18(26)13-11-17;1-25(31(2,28)29)19-13-20-18(12-17(19)14-6-4-3-5-7-14)21(23(26)27)22(30-20)15-8-10-16(24)11-9-15;;/h5-15H,4H2,1-3H3;3-13H,1-2H3,(H,26,27);;1H2/q;;+1;/p-1. The maximum absolute atomic E-state index is 13.5. The molecule has 0 spiro atoms.